The molecule has 0 radical (unpaired) electrons. The first-order valence-electron chi connectivity index (χ1n) is 9.10. The van der Waals surface area contributed by atoms with E-state index in [9.17, 15) is 4.79 Å². The van der Waals surface area contributed by atoms with Crippen LogP contribution in [0.4, 0.5) is 10.5 Å². The maximum absolute atomic E-state index is 13.0. The highest BCUT2D eigenvalue weighted by molar-refractivity contribution is 9.10. The van der Waals surface area contributed by atoms with E-state index in [1.807, 2.05) is 26.8 Å². The molecular formula is C20H23BrN2O2. The number of fused-ring (bicyclic) bond motifs is 3. The zero-order valence-corrected chi connectivity index (χ0v) is 16.5. The third-order valence-electron chi connectivity index (χ3n) is 6.38. The van der Waals surface area contributed by atoms with Crippen molar-refractivity contribution in [2.75, 3.05) is 0 Å². The van der Waals surface area contributed by atoms with Crippen LogP contribution in [0.25, 0.3) is 0 Å². The molecule has 2 bridgehead atoms. The summed E-state index contributed by atoms with van der Waals surface area (Å²) in [7, 11) is 0. The predicted molar refractivity (Wildman–Crippen MR) is 100 cm³/mol. The molecule has 1 atom stereocenters. The third kappa shape index (κ3) is 2.11. The van der Waals surface area contributed by atoms with Crippen LogP contribution in [-0.2, 0) is 11.2 Å². The molecule has 25 heavy (non-hydrogen) atoms. The Morgan fingerprint density at radius 3 is 2.80 bits per heavy atom. The third-order valence-corrected chi connectivity index (χ3v) is 6.88. The monoisotopic (exact) mass is 402 g/mol. The van der Waals surface area contributed by atoms with Gasteiger partial charge in [-0.25, -0.2) is 4.79 Å². The van der Waals surface area contributed by atoms with Gasteiger partial charge >= 0.3 is 6.09 Å². The minimum atomic E-state index is -0.465. The van der Waals surface area contributed by atoms with Gasteiger partial charge in [0.05, 0.1) is 11.7 Å². The Bertz CT molecular complexity index is 817. The number of hydrogen-bond acceptors (Lipinski definition) is 3. The summed E-state index contributed by atoms with van der Waals surface area (Å²) in [6, 6.07) is 6.37. The molecular weight excluding hydrogens is 380 g/mol. The van der Waals surface area contributed by atoms with Crippen molar-refractivity contribution in [3.63, 3.8) is 0 Å². The van der Waals surface area contributed by atoms with E-state index in [-0.39, 0.29) is 23.1 Å². The largest absolute Gasteiger partial charge is 0.444 e. The van der Waals surface area contributed by atoms with Crippen molar-refractivity contribution in [1.82, 2.24) is 4.90 Å². The standard InChI is InChI=1S/C20H23BrN2O2/c1-18(2,3)25-17(24)23-16(19-6-7-20(23,10-19)11-19)15-9-12-8-13(21)4-5-14(12)22-15/h4-5,8,16H,6-7,9-11H2,1-3H3/t16-,19?,20?/m1/s1. The zero-order chi connectivity index (χ0) is 17.6. The van der Waals surface area contributed by atoms with Crippen LogP contribution in [0.3, 0.4) is 0 Å². The number of rotatable bonds is 1. The van der Waals surface area contributed by atoms with Gasteiger partial charge in [0.2, 0.25) is 0 Å². The van der Waals surface area contributed by atoms with Gasteiger partial charge in [0.1, 0.15) is 5.60 Å². The normalized spacial score (nSPS) is 34.6. The SMILES string of the molecule is CC(C)(C)OC(=O)N1[C@H](C2=Nc3ccc(Br)cc3C2)C23CCC1(C2)C3. The van der Waals surface area contributed by atoms with Gasteiger partial charge in [0, 0.05) is 27.6 Å². The molecule has 0 spiro atoms. The summed E-state index contributed by atoms with van der Waals surface area (Å²) in [4.78, 5) is 20.0. The van der Waals surface area contributed by atoms with Gasteiger partial charge < -0.3 is 4.74 Å². The van der Waals surface area contributed by atoms with Gasteiger partial charge in [-0.2, -0.15) is 0 Å². The van der Waals surface area contributed by atoms with Crippen LogP contribution in [0.1, 0.15) is 52.0 Å². The molecule has 1 amide bonds. The molecule has 5 heteroatoms. The van der Waals surface area contributed by atoms with Gasteiger partial charge in [-0.15, -0.1) is 0 Å². The van der Waals surface area contributed by atoms with E-state index < -0.39 is 5.60 Å². The van der Waals surface area contributed by atoms with Crippen LogP contribution in [-0.4, -0.2) is 33.9 Å². The molecule has 0 unspecified atom stereocenters. The highest BCUT2D eigenvalue weighted by Crippen LogP contribution is 2.74. The summed E-state index contributed by atoms with van der Waals surface area (Å²) in [5.74, 6) is 0. The quantitative estimate of drug-likeness (QED) is 0.662. The van der Waals surface area contributed by atoms with E-state index in [2.05, 4.69) is 33.0 Å². The van der Waals surface area contributed by atoms with Crippen molar-refractivity contribution in [2.45, 2.75) is 70.1 Å². The van der Waals surface area contributed by atoms with Gasteiger partial charge in [-0.3, -0.25) is 9.89 Å². The Labute approximate surface area is 156 Å². The molecule has 2 saturated heterocycles. The molecule has 1 aromatic carbocycles. The number of carbonyl (C=O) groups excluding carboxylic acids is 1. The minimum Gasteiger partial charge on any atom is -0.444 e. The van der Waals surface area contributed by atoms with Crippen molar-refractivity contribution < 1.29 is 9.53 Å². The van der Waals surface area contributed by atoms with Crippen LogP contribution in [0.15, 0.2) is 27.7 Å². The first-order chi connectivity index (χ1) is 11.7. The number of ether oxygens (including phenoxy) is 1. The summed E-state index contributed by atoms with van der Waals surface area (Å²) in [6.45, 7) is 5.82. The van der Waals surface area contributed by atoms with Crippen molar-refractivity contribution >= 4 is 33.4 Å². The average molecular weight is 403 g/mol. The second-order valence-corrected chi connectivity index (χ2v) is 10.2. The second-order valence-electron chi connectivity index (χ2n) is 9.25. The van der Waals surface area contributed by atoms with Crippen LogP contribution in [0.5, 0.6) is 0 Å². The Hall–Kier alpha value is -1.36. The van der Waals surface area contributed by atoms with Gasteiger partial charge in [-0.05, 0) is 70.2 Å². The Kier molecular flexibility index (Phi) is 2.96. The van der Waals surface area contributed by atoms with E-state index in [1.54, 1.807) is 0 Å². The molecule has 7 rings (SSSR count). The molecule has 3 aliphatic heterocycles. The first kappa shape index (κ1) is 15.9. The van der Waals surface area contributed by atoms with E-state index >= 15 is 0 Å². The summed E-state index contributed by atoms with van der Waals surface area (Å²) in [6.07, 6.45) is 5.28. The minimum absolute atomic E-state index is 0.0326. The molecule has 3 aliphatic carbocycles. The Balaban J connectivity index is 1.50. The molecule has 3 saturated carbocycles. The summed E-state index contributed by atoms with van der Waals surface area (Å²) < 4.78 is 6.86. The van der Waals surface area contributed by atoms with E-state index in [0.29, 0.717) is 0 Å². The molecule has 4 nitrogen and oxygen atoms in total. The highest BCUT2D eigenvalue weighted by Gasteiger charge is 2.77. The average Bonchev–Trinajstić information content (AvgIpc) is 3.21. The van der Waals surface area contributed by atoms with Crippen LogP contribution in [0.2, 0.25) is 0 Å². The fourth-order valence-corrected chi connectivity index (χ4v) is 6.14. The van der Waals surface area contributed by atoms with Crippen molar-refractivity contribution in [2.24, 2.45) is 10.4 Å². The van der Waals surface area contributed by atoms with Crippen LogP contribution in [0, 0.1) is 5.41 Å². The Morgan fingerprint density at radius 1 is 1.32 bits per heavy atom. The van der Waals surface area contributed by atoms with E-state index in [0.717, 1.165) is 41.6 Å². The molecule has 6 aliphatic rings. The van der Waals surface area contributed by atoms with Crippen molar-refractivity contribution in [3.05, 3.63) is 28.2 Å². The lowest BCUT2D eigenvalue weighted by atomic mass is 9.66. The lowest BCUT2D eigenvalue weighted by Crippen LogP contribution is -2.51. The molecule has 0 N–H and O–H groups in total. The smallest absolute Gasteiger partial charge is 0.411 e. The highest BCUT2D eigenvalue weighted by atomic mass is 79.9. The Morgan fingerprint density at radius 2 is 2.08 bits per heavy atom. The number of amides is 1. The van der Waals surface area contributed by atoms with Gasteiger partial charge in [0.25, 0.3) is 0 Å². The number of hydrogen-bond donors (Lipinski definition) is 0. The number of piperidine rings is 1. The number of nitrogens with zero attached hydrogens (tertiary/aromatic N) is 2. The lowest BCUT2D eigenvalue weighted by molar-refractivity contribution is 0.00670. The van der Waals surface area contributed by atoms with Gasteiger partial charge in [0.15, 0.2) is 0 Å². The fraction of sp³-hybridized carbons (Fsp3) is 0.600. The zero-order valence-electron chi connectivity index (χ0n) is 14.9. The topological polar surface area (TPSA) is 41.9 Å². The van der Waals surface area contributed by atoms with Crippen LogP contribution >= 0.6 is 15.9 Å². The van der Waals surface area contributed by atoms with E-state index in [4.69, 9.17) is 9.73 Å². The van der Waals surface area contributed by atoms with Gasteiger partial charge in [-0.1, -0.05) is 15.9 Å². The summed E-state index contributed by atoms with van der Waals surface area (Å²) in [5, 5.41) is 0. The molecule has 5 fully saturated rings. The molecule has 3 heterocycles. The number of aliphatic imine (C=N–C) groups is 1. The number of halogens is 1. The number of benzene rings is 1. The van der Waals surface area contributed by atoms with E-state index in [1.165, 1.54) is 12.0 Å². The second kappa shape index (κ2) is 4.67. The maximum Gasteiger partial charge on any atom is 0.411 e. The molecule has 1 aromatic rings. The summed E-state index contributed by atoms with van der Waals surface area (Å²) >= 11 is 3.55. The maximum atomic E-state index is 13.0. The van der Waals surface area contributed by atoms with Crippen molar-refractivity contribution in [3.8, 4) is 0 Å². The molecule has 0 aromatic heterocycles. The van der Waals surface area contributed by atoms with Crippen LogP contribution < -0.4 is 0 Å². The first-order valence-corrected chi connectivity index (χ1v) is 9.89. The fourth-order valence-electron chi connectivity index (χ4n) is 5.73. The number of carbonyl (C=O) groups is 1. The van der Waals surface area contributed by atoms with Crippen molar-refractivity contribution in [1.29, 1.82) is 0 Å². The summed E-state index contributed by atoms with van der Waals surface area (Å²) in [5.41, 5.74) is 3.27. The predicted octanol–water partition coefficient (Wildman–Crippen LogP) is 5.01. The lowest BCUT2D eigenvalue weighted by Gasteiger charge is -2.38. The molecule has 132 valence electrons.